The quantitative estimate of drug-likeness (QED) is 0.721. The number of hydrogen-bond acceptors (Lipinski definition) is 4. The Hall–Kier alpha value is -1.66. The summed E-state index contributed by atoms with van der Waals surface area (Å²) in [5.74, 6) is -0.621. The fourth-order valence-electron chi connectivity index (χ4n) is 2.50. The van der Waals surface area contributed by atoms with Gasteiger partial charge in [0.05, 0.1) is 17.8 Å². The van der Waals surface area contributed by atoms with Crippen LogP contribution in [0.15, 0.2) is 18.2 Å². The van der Waals surface area contributed by atoms with Gasteiger partial charge in [0.25, 0.3) is 0 Å². The van der Waals surface area contributed by atoms with Gasteiger partial charge in [-0.15, -0.1) is 0 Å². The smallest absolute Gasteiger partial charge is 0.241 e. The Morgan fingerprint density at radius 1 is 1.52 bits per heavy atom. The Kier molecular flexibility index (Phi) is 6.36. The molecule has 5 nitrogen and oxygen atoms in total. The Morgan fingerprint density at radius 3 is 2.91 bits per heavy atom. The Balaban J connectivity index is 1.91. The number of benzene rings is 1. The molecular formula is C17H26FN3O2. The van der Waals surface area contributed by atoms with Crippen molar-refractivity contribution < 1.29 is 13.9 Å². The molecule has 4 N–H and O–H groups in total. The van der Waals surface area contributed by atoms with Crippen LogP contribution in [0.5, 0.6) is 0 Å². The molecule has 0 spiro atoms. The first-order chi connectivity index (χ1) is 11.0. The van der Waals surface area contributed by atoms with Crippen molar-refractivity contribution in [3.05, 3.63) is 24.0 Å². The number of nitrogens with two attached hydrogens (primary N) is 1. The summed E-state index contributed by atoms with van der Waals surface area (Å²) in [7, 11) is 0. The predicted molar refractivity (Wildman–Crippen MR) is 89.9 cm³/mol. The number of ether oxygens (including phenoxy) is 1. The molecule has 0 aromatic heterocycles. The second-order valence-electron chi connectivity index (χ2n) is 6.11. The molecular weight excluding hydrogens is 297 g/mol. The molecule has 1 aliphatic rings. The summed E-state index contributed by atoms with van der Waals surface area (Å²) >= 11 is 0. The van der Waals surface area contributed by atoms with Crippen molar-refractivity contribution in [1.29, 1.82) is 0 Å². The highest BCUT2D eigenvalue weighted by Crippen LogP contribution is 2.21. The maximum atomic E-state index is 14.1. The molecule has 0 radical (unpaired) electrons. The van der Waals surface area contributed by atoms with Crippen molar-refractivity contribution in [1.82, 2.24) is 0 Å². The van der Waals surface area contributed by atoms with Crippen molar-refractivity contribution in [2.24, 2.45) is 11.7 Å². The molecule has 128 valence electrons. The third kappa shape index (κ3) is 4.91. The number of anilines is 2. The lowest BCUT2D eigenvalue weighted by atomic mass is 9.99. The third-order valence-electron chi connectivity index (χ3n) is 4.34. The number of halogens is 1. The van der Waals surface area contributed by atoms with Crippen LogP contribution in [0, 0.1) is 11.7 Å². The van der Waals surface area contributed by atoms with E-state index < -0.39 is 11.9 Å². The monoisotopic (exact) mass is 323 g/mol. The highest BCUT2D eigenvalue weighted by atomic mass is 19.1. The van der Waals surface area contributed by atoms with Gasteiger partial charge in [-0.25, -0.2) is 4.39 Å². The Bertz CT molecular complexity index is 533. The fourth-order valence-corrected chi connectivity index (χ4v) is 2.50. The van der Waals surface area contributed by atoms with E-state index in [1.54, 1.807) is 12.1 Å². The van der Waals surface area contributed by atoms with Crippen LogP contribution in [0.2, 0.25) is 0 Å². The standard InChI is InChI=1S/C17H26FN3O2/c1-3-11(2)16(19)17(22)21-12-6-7-15(14(18)9-12)20-10-13-5-4-8-23-13/h6-7,9,11,13,16,20H,3-5,8,10,19H2,1-2H3,(H,21,22). The van der Waals surface area contributed by atoms with Crippen molar-refractivity contribution in [3.8, 4) is 0 Å². The van der Waals surface area contributed by atoms with Crippen molar-refractivity contribution in [2.45, 2.75) is 45.3 Å². The molecule has 6 heteroatoms. The van der Waals surface area contributed by atoms with Gasteiger partial charge in [0.2, 0.25) is 5.91 Å². The van der Waals surface area contributed by atoms with Crippen LogP contribution in [0.25, 0.3) is 0 Å². The number of carbonyl (C=O) groups is 1. The minimum absolute atomic E-state index is 0.0761. The highest BCUT2D eigenvalue weighted by molar-refractivity contribution is 5.95. The van der Waals surface area contributed by atoms with Crippen LogP contribution >= 0.6 is 0 Å². The number of nitrogens with one attached hydrogen (secondary N) is 2. The zero-order valence-corrected chi connectivity index (χ0v) is 13.8. The zero-order valence-electron chi connectivity index (χ0n) is 13.8. The zero-order chi connectivity index (χ0) is 16.8. The summed E-state index contributed by atoms with van der Waals surface area (Å²) in [5.41, 5.74) is 6.69. The maximum absolute atomic E-state index is 14.1. The van der Waals surface area contributed by atoms with E-state index in [2.05, 4.69) is 10.6 Å². The van der Waals surface area contributed by atoms with Crippen molar-refractivity contribution >= 4 is 17.3 Å². The summed E-state index contributed by atoms with van der Waals surface area (Å²) < 4.78 is 19.6. The number of rotatable bonds is 7. The average Bonchev–Trinajstić information content (AvgIpc) is 3.06. The molecule has 1 saturated heterocycles. The lowest BCUT2D eigenvalue weighted by Crippen LogP contribution is -2.40. The Morgan fingerprint density at radius 2 is 2.30 bits per heavy atom. The van der Waals surface area contributed by atoms with Gasteiger partial charge in [0.15, 0.2) is 0 Å². The van der Waals surface area contributed by atoms with Crippen LogP contribution in [0.3, 0.4) is 0 Å². The van der Waals surface area contributed by atoms with Gasteiger partial charge in [-0.05, 0) is 37.0 Å². The summed E-state index contributed by atoms with van der Waals surface area (Å²) in [6.45, 7) is 5.26. The van der Waals surface area contributed by atoms with E-state index in [9.17, 15) is 9.18 Å². The summed E-state index contributed by atoms with van der Waals surface area (Å²) in [6.07, 6.45) is 3.00. The largest absolute Gasteiger partial charge is 0.380 e. The molecule has 1 fully saturated rings. The lowest BCUT2D eigenvalue weighted by Gasteiger charge is -2.18. The van der Waals surface area contributed by atoms with E-state index in [0.717, 1.165) is 25.9 Å². The van der Waals surface area contributed by atoms with Gasteiger partial charge in [-0.2, -0.15) is 0 Å². The van der Waals surface area contributed by atoms with Crippen molar-refractivity contribution in [2.75, 3.05) is 23.8 Å². The van der Waals surface area contributed by atoms with Crippen LogP contribution in [-0.4, -0.2) is 31.2 Å². The van der Waals surface area contributed by atoms with E-state index in [0.29, 0.717) is 17.9 Å². The number of carbonyl (C=O) groups excluding carboxylic acids is 1. The molecule has 0 saturated carbocycles. The topological polar surface area (TPSA) is 76.4 Å². The lowest BCUT2D eigenvalue weighted by molar-refractivity contribution is -0.118. The predicted octanol–water partition coefficient (Wildman–Crippen LogP) is 2.73. The van der Waals surface area contributed by atoms with E-state index in [1.807, 2.05) is 13.8 Å². The van der Waals surface area contributed by atoms with Crippen LogP contribution in [0.1, 0.15) is 33.1 Å². The molecule has 1 heterocycles. The second-order valence-corrected chi connectivity index (χ2v) is 6.11. The summed E-state index contributed by atoms with van der Waals surface area (Å²) in [6, 6.07) is 4.00. The molecule has 1 amide bonds. The number of amides is 1. The molecule has 1 aromatic rings. The summed E-state index contributed by atoms with van der Waals surface area (Å²) in [5, 5.41) is 5.71. The first kappa shape index (κ1) is 17.7. The first-order valence-corrected chi connectivity index (χ1v) is 8.22. The molecule has 3 unspecified atom stereocenters. The molecule has 23 heavy (non-hydrogen) atoms. The molecule has 2 rings (SSSR count). The first-order valence-electron chi connectivity index (χ1n) is 8.22. The molecule has 0 aliphatic carbocycles. The van der Waals surface area contributed by atoms with Crippen molar-refractivity contribution in [3.63, 3.8) is 0 Å². The van der Waals surface area contributed by atoms with E-state index in [4.69, 9.17) is 10.5 Å². The van der Waals surface area contributed by atoms with Gasteiger partial charge in [0.1, 0.15) is 5.82 Å². The minimum atomic E-state index is -0.597. The normalized spacial score (nSPS) is 20.1. The van der Waals surface area contributed by atoms with Gasteiger partial charge in [-0.3, -0.25) is 4.79 Å². The van der Waals surface area contributed by atoms with Gasteiger partial charge < -0.3 is 21.1 Å². The maximum Gasteiger partial charge on any atom is 0.241 e. The van der Waals surface area contributed by atoms with Gasteiger partial charge >= 0.3 is 0 Å². The van der Waals surface area contributed by atoms with E-state index in [-0.39, 0.29) is 17.9 Å². The minimum Gasteiger partial charge on any atom is -0.380 e. The molecule has 3 atom stereocenters. The molecule has 1 aromatic carbocycles. The van der Waals surface area contributed by atoms with Crippen LogP contribution in [0.4, 0.5) is 15.8 Å². The SMILES string of the molecule is CCC(C)C(N)C(=O)Nc1ccc(NCC2CCCO2)c(F)c1. The van der Waals surface area contributed by atoms with Crippen LogP contribution < -0.4 is 16.4 Å². The third-order valence-corrected chi connectivity index (χ3v) is 4.34. The molecule has 0 bridgehead atoms. The second kappa shape index (κ2) is 8.26. The van der Waals surface area contributed by atoms with Gasteiger partial charge in [0, 0.05) is 18.8 Å². The van der Waals surface area contributed by atoms with Gasteiger partial charge in [-0.1, -0.05) is 20.3 Å². The van der Waals surface area contributed by atoms with E-state index in [1.165, 1.54) is 6.07 Å². The Labute approximate surface area is 136 Å². The van der Waals surface area contributed by atoms with E-state index >= 15 is 0 Å². The highest BCUT2D eigenvalue weighted by Gasteiger charge is 2.20. The fraction of sp³-hybridized carbons (Fsp3) is 0.588. The van der Waals surface area contributed by atoms with Crippen LogP contribution in [-0.2, 0) is 9.53 Å². The number of hydrogen-bond donors (Lipinski definition) is 3. The average molecular weight is 323 g/mol. The molecule has 1 aliphatic heterocycles. The summed E-state index contributed by atoms with van der Waals surface area (Å²) in [4.78, 5) is 12.0.